The second kappa shape index (κ2) is 4.61. The zero-order valence-corrected chi connectivity index (χ0v) is 10.1. The zero-order chi connectivity index (χ0) is 12.4. The molecule has 3 heterocycles. The van der Waals surface area contributed by atoms with Gasteiger partial charge in [-0.15, -0.1) is 0 Å². The number of furan rings is 3. The van der Waals surface area contributed by atoms with Gasteiger partial charge in [-0.1, -0.05) is 0 Å². The smallest absolute Gasteiger partial charge is 0.115 e. The van der Waals surface area contributed by atoms with Crippen molar-refractivity contribution in [2.45, 2.75) is 19.3 Å². The Kier molecular flexibility index (Phi) is 2.81. The van der Waals surface area contributed by atoms with Crippen LogP contribution in [0.3, 0.4) is 0 Å². The Hall–Kier alpha value is -2.16. The maximum Gasteiger partial charge on any atom is 0.115 e. The molecule has 3 nitrogen and oxygen atoms in total. The minimum atomic E-state index is 0.0554. The van der Waals surface area contributed by atoms with E-state index in [4.69, 9.17) is 13.3 Å². The normalized spacial score (nSPS) is 12.7. The summed E-state index contributed by atoms with van der Waals surface area (Å²) >= 11 is 0. The molecule has 1 unspecified atom stereocenters. The van der Waals surface area contributed by atoms with Crippen molar-refractivity contribution in [3.8, 4) is 0 Å². The summed E-state index contributed by atoms with van der Waals surface area (Å²) in [6, 6.07) is 11.7. The van der Waals surface area contributed by atoms with Crippen LogP contribution in [0.4, 0.5) is 0 Å². The molecule has 0 saturated carbocycles. The van der Waals surface area contributed by atoms with Crippen molar-refractivity contribution in [2.24, 2.45) is 0 Å². The molecule has 0 amide bonds. The largest absolute Gasteiger partial charge is 0.469 e. The molecule has 18 heavy (non-hydrogen) atoms. The topological polar surface area (TPSA) is 39.4 Å². The Morgan fingerprint density at radius 3 is 2.39 bits per heavy atom. The van der Waals surface area contributed by atoms with Gasteiger partial charge < -0.3 is 13.3 Å². The lowest BCUT2D eigenvalue weighted by atomic mass is 9.98. The molecule has 0 N–H and O–H groups in total. The average Bonchev–Trinajstić information content (AvgIpc) is 3.09. The molecule has 0 aromatic carbocycles. The van der Waals surface area contributed by atoms with Crippen LogP contribution >= 0.6 is 0 Å². The second-order valence-corrected chi connectivity index (χ2v) is 4.30. The van der Waals surface area contributed by atoms with Crippen molar-refractivity contribution in [3.63, 3.8) is 0 Å². The fourth-order valence-electron chi connectivity index (χ4n) is 2.10. The Labute approximate surface area is 105 Å². The van der Waals surface area contributed by atoms with Gasteiger partial charge in [-0.2, -0.15) is 0 Å². The summed E-state index contributed by atoms with van der Waals surface area (Å²) in [4.78, 5) is 0. The van der Waals surface area contributed by atoms with Gasteiger partial charge in [-0.3, -0.25) is 0 Å². The maximum atomic E-state index is 5.72. The van der Waals surface area contributed by atoms with Crippen LogP contribution < -0.4 is 0 Å². The van der Waals surface area contributed by atoms with E-state index in [1.165, 1.54) is 0 Å². The molecular weight excluding hydrogens is 228 g/mol. The summed E-state index contributed by atoms with van der Waals surface area (Å²) in [5.74, 6) is 3.67. The van der Waals surface area contributed by atoms with Crippen molar-refractivity contribution in [3.05, 3.63) is 72.0 Å². The van der Waals surface area contributed by atoms with Crippen LogP contribution in [-0.4, -0.2) is 0 Å². The van der Waals surface area contributed by atoms with Gasteiger partial charge in [-0.25, -0.2) is 0 Å². The van der Waals surface area contributed by atoms with Crippen molar-refractivity contribution in [1.82, 2.24) is 0 Å². The first kappa shape index (κ1) is 11.0. The summed E-state index contributed by atoms with van der Waals surface area (Å²) < 4.78 is 16.6. The number of rotatable bonds is 4. The van der Waals surface area contributed by atoms with Gasteiger partial charge in [0, 0.05) is 6.42 Å². The van der Waals surface area contributed by atoms with Gasteiger partial charge in [-0.05, 0) is 43.3 Å². The maximum absolute atomic E-state index is 5.72. The first-order valence-corrected chi connectivity index (χ1v) is 5.95. The molecule has 0 spiro atoms. The molecular formula is C15H14O3. The van der Waals surface area contributed by atoms with Crippen molar-refractivity contribution < 1.29 is 13.3 Å². The lowest BCUT2D eigenvalue weighted by Gasteiger charge is -2.10. The lowest BCUT2D eigenvalue weighted by molar-refractivity contribution is 0.397. The van der Waals surface area contributed by atoms with Crippen molar-refractivity contribution in [2.75, 3.05) is 0 Å². The SMILES string of the molecule is Cc1ccc(C(Cc2ccco2)c2ccco2)o1. The van der Waals surface area contributed by atoms with E-state index in [0.29, 0.717) is 0 Å². The highest BCUT2D eigenvalue weighted by Crippen LogP contribution is 2.30. The Morgan fingerprint density at radius 2 is 1.78 bits per heavy atom. The van der Waals surface area contributed by atoms with Crippen LogP contribution in [-0.2, 0) is 6.42 Å². The molecule has 3 aromatic rings. The van der Waals surface area contributed by atoms with Crippen LogP contribution in [0.2, 0.25) is 0 Å². The molecule has 0 aliphatic carbocycles. The van der Waals surface area contributed by atoms with E-state index in [1.807, 2.05) is 43.3 Å². The van der Waals surface area contributed by atoms with Gasteiger partial charge >= 0.3 is 0 Å². The van der Waals surface area contributed by atoms with Gasteiger partial charge in [0.25, 0.3) is 0 Å². The number of aryl methyl sites for hydroxylation is 1. The molecule has 0 bridgehead atoms. The van der Waals surface area contributed by atoms with Gasteiger partial charge in [0.15, 0.2) is 0 Å². The molecule has 3 aromatic heterocycles. The standard InChI is InChI=1S/C15H14O3/c1-11-6-7-15(18-11)13(14-5-3-9-17-14)10-12-4-2-8-16-12/h2-9,13H,10H2,1H3. The van der Waals surface area contributed by atoms with Gasteiger partial charge in [0.05, 0.1) is 18.4 Å². The van der Waals surface area contributed by atoms with Gasteiger partial charge in [0.2, 0.25) is 0 Å². The van der Waals surface area contributed by atoms with E-state index in [0.717, 1.165) is 29.5 Å². The fourth-order valence-corrected chi connectivity index (χ4v) is 2.10. The van der Waals surface area contributed by atoms with E-state index < -0.39 is 0 Å². The zero-order valence-electron chi connectivity index (χ0n) is 10.1. The molecule has 0 aliphatic rings. The van der Waals surface area contributed by atoms with E-state index in [9.17, 15) is 0 Å². The lowest BCUT2D eigenvalue weighted by Crippen LogP contribution is -2.02. The summed E-state index contributed by atoms with van der Waals surface area (Å²) in [5.41, 5.74) is 0. The highest BCUT2D eigenvalue weighted by atomic mass is 16.4. The highest BCUT2D eigenvalue weighted by Gasteiger charge is 2.22. The molecule has 0 radical (unpaired) electrons. The van der Waals surface area contributed by atoms with E-state index in [2.05, 4.69) is 0 Å². The molecule has 0 aliphatic heterocycles. The minimum Gasteiger partial charge on any atom is -0.469 e. The molecule has 3 heteroatoms. The molecule has 3 rings (SSSR count). The summed E-state index contributed by atoms with van der Waals surface area (Å²) in [7, 11) is 0. The Morgan fingerprint density at radius 1 is 0.944 bits per heavy atom. The monoisotopic (exact) mass is 242 g/mol. The van der Waals surface area contributed by atoms with Crippen LogP contribution in [0.15, 0.2) is 62.2 Å². The first-order valence-electron chi connectivity index (χ1n) is 5.95. The third kappa shape index (κ3) is 2.12. The second-order valence-electron chi connectivity index (χ2n) is 4.30. The summed E-state index contributed by atoms with van der Waals surface area (Å²) in [5, 5.41) is 0. The van der Waals surface area contributed by atoms with E-state index in [-0.39, 0.29) is 5.92 Å². The Balaban J connectivity index is 1.93. The molecule has 0 saturated heterocycles. The van der Waals surface area contributed by atoms with Crippen LogP contribution in [0.1, 0.15) is 29.0 Å². The molecule has 92 valence electrons. The highest BCUT2D eigenvalue weighted by molar-refractivity contribution is 5.23. The average molecular weight is 242 g/mol. The summed E-state index contributed by atoms with van der Waals surface area (Å²) in [6.07, 6.45) is 4.09. The molecule has 1 atom stereocenters. The predicted molar refractivity (Wildman–Crippen MR) is 66.4 cm³/mol. The minimum absolute atomic E-state index is 0.0554. The molecule has 0 fully saturated rings. The Bertz CT molecular complexity index is 588. The van der Waals surface area contributed by atoms with Crippen LogP contribution in [0, 0.1) is 6.92 Å². The predicted octanol–water partition coefficient (Wildman–Crippen LogP) is 4.15. The summed E-state index contributed by atoms with van der Waals surface area (Å²) in [6.45, 7) is 1.94. The fraction of sp³-hybridized carbons (Fsp3) is 0.200. The third-order valence-corrected chi connectivity index (χ3v) is 2.98. The van der Waals surface area contributed by atoms with E-state index >= 15 is 0 Å². The third-order valence-electron chi connectivity index (χ3n) is 2.98. The van der Waals surface area contributed by atoms with Gasteiger partial charge in [0.1, 0.15) is 23.0 Å². The number of hydrogen-bond acceptors (Lipinski definition) is 3. The first-order chi connectivity index (χ1) is 8.83. The van der Waals surface area contributed by atoms with Crippen molar-refractivity contribution >= 4 is 0 Å². The van der Waals surface area contributed by atoms with E-state index in [1.54, 1.807) is 12.5 Å². The van der Waals surface area contributed by atoms with Crippen molar-refractivity contribution in [1.29, 1.82) is 0 Å². The number of hydrogen-bond donors (Lipinski definition) is 0. The van der Waals surface area contributed by atoms with Crippen LogP contribution in [0.25, 0.3) is 0 Å². The van der Waals surface area contributed by atoms with Crippen LogP contribution in [0.5, 0.6) is 0 Å². The quantitative estimate of drug-likeness (QED) is 0.690.